The summed E-state index contributed by atoms with van der Waals surface area (Å²) in [6, 6.07) is -2.00. The van der Waals surface area contributed by atoms with Crippen LogP contribution in [0.15, 0.2) is 10.6 Å². The van der Waals surface area contributed by atoms with Gasteiger partial charge in [-0.1, -0.05) is 6.92 Å². The molecule has 0 bridgehead atoms. The number of thioether (sulfide) groups is 1. The monoisotopic (exact) mass is 572 g/mol. The molecule has 0 aliphatic carbocycles. The number of hydrogen-bond acceptors (Lipinski definition) is 8. The number of nitrogens with one attached hydrogen (secondary N) is 4. The molecule has 0 saturated carbocycles. The van der Waals surface area contributed by atoms with E-state index in [-0.39, 0.29) is 41.3 Å². The first kappa shape index (κ1) is 29.2. The summed E-state index contributed by atoms with van der Waals surface area (Å²) < 4.78 is 25.4. The summed E-state index contributed by atoms with van der Waals surface area (Å²) in [5.41, 5.74) is -0.124. The highest BCUT2D eigenvalue weighted by molar-refractivity contribution is 8.03. The minimum atomic E-state index is -3.22. The fraction of sp³-hybridized carbons (Fsp3) is 0.708. The minimum absolute atomic E-state index is 0.0713. The summed E-state index contributed by atoms with van der Waals surface area (Å²) in [5, 5.41) is 20.9. The zero-order chi connectivity index (χ0) is 28.6. The highest BCUT2D eigenvalue weighted by atomic mass is 32.2. The molecule has 12 nitrogen and oxygen atoms in total. The van der Waals surface area contributed by atoms with E-state index >= 15 is 0 Å². The second-order valence-corrected chi connectivity index (χ2v) is 11.8. The summed E-state index contributed by atoms with van der Waals surface area (Å²) in [6.07, 6.45) is -2.09. The van der Waals surface area contributed by atoms with Crippen LogP contribution in [0.5, 0.6) is 0 Å². The standard InChI is InChI=1S/C24H34F2N6O6S/c1-10-17-16(11(2)29-21(34)20(25)26)23(36)32(17)18(24(37)38)19(10)39-13-6-14(28-7-13)22(35)31-5-4-12(9-31)30-15(33)8-27-3/h10-14,16-17,20,27-28H,4-9H2,1-3H3,(H,29,34)(H,30,33)(H,37,38)/t10-,11-,12+,13+,14+,16-,17-/m1/s1. The predicted molar refractivity (Wildman–Crippen MR) is 136 cm³/mol. The van der Waals surface area contributed by atoms with Gasteiger partial charge >= 0.3 is 12.4 Å². The number of halogens is 2. The van der Waals surface area contributed by atoms with Crippen LogP contribution in [-0.2, 0) is 24.0 Å². The number of likely N-dealkylation sites (tertiary alicyclic amines) is 1. The zero-order valence-electron chi connectivity index (χ0n) is 21.9. The van der Waals surface area contributed by atoms with Crippen molar-refractivity contribution in [1.29, 1.82) is 0 Å². The highest BCUT2D eigenvalue weighted by Crippen LogP contribution is 2.51. The van der Waals surface area contributed by atoms with Crippen LogP contribution in [0.4, 0.5) is 8.78 Å². The van der Waals surface area contributed by atoms with Gasteiger partial charge in [0.05, 0.1) is 24.5 Å². The van der Waals surface area contributed by atoms with Crippen LogP contribution >= 0.6 is 11.8 Å². The van der Waals surface area contributed by atoms with E-state index < -0.39 is 48.3 Å². The Bertz CT molecular complexity index is 1080. The molecular formula is C24H34F2N6O6S. The number of hydrogen-bond donors (Lipinski definition) is 5. The Hall–Kier alpha value is -2.78. The van der Waals surface area contributed by atoms with Crippen molar-refractivity contribution in [2.75, 3.05) is 33.2 Å². The van der Waals surface area contributed by atoms with E-state index in [2.05, 4.69) is 21.3 Å². The fourth-order valence-corrected chi connectivity index (χ4v) is 7.45. The van der Waals surface area contributed by atoms with Crippen LogP contribution in [0, 0.1) is 11.8 Å². The van der Waals surface area contributed by atoms with Crippen molar-refractivity contribution in [3.05, 3.63) is 10.6 Å². The van der Waals surface area contributed by atoms with Gasteiger partial charge in [0.25, 0.3) is 5.91 Å². The molecular weight excluding hydrogens is 538 g/mol. The third-order valence-electron chi connectivity index (χ3n) is 7.78. The van der Waals surface area contributed by atoms with Crippen LogP contribution in [0.1, 0.15) is 26.7 Å². The number of carbonyl (C=O) groups excluding carboxylic acids is 4. The molecule has 0 aromatic heterocycles. The molecule has 4 rings (SSSR count). The number of carbonyl (C=O) groups is 5. The Labute approximate surface area is 228 Å². The predicted octanol–water partition coefficient (Wildman–Crippen LogP) is -1.07. The van der Waals surface area contributed by atoms with E-state index in [0.29, 0.717) is 37.4 Å². The molecule has 4 aliphatic rings. The fourth-order valence-electron chi connectivity index (χ4n) is 5.97. The van der Waals surface area contributed by atoms with Crippen LogP contribution in [0.2, 0.25) is 0 Å². The summed E-state index contributed by atoms with van der Waals surface area (Å²) >= 11 is 1.32. The first-order chi connectivity index (χ1) is 18.4. The molecule has 0 radical (unpaired) electrons. The number of β-lactam (4-membered cyclic amide) rings is 1. The van der Waals surface area contributed by atoms with Crippen LogP contribution in [0.3, 0.4) is 0 Å². The zero-order valence-corrected chi connectivity index (χ0v) is 22.7. The SMILES string of the molecule is CNCC(=O)N[C@H]1CCN(C(=O)[C@@H]2C[C@H](SC3=C(C(=O)O)N4C(=O)[C@H]([C@@H](C)NC(=O)C(F)F)[C@H]4[C@H]3C)CN2)C1. The van der Waals surface area contributed by atoms with E-state index in [1.165, 1.54) is 23.6 Å². The van der Waals surface area contributed by atoms with Crippen molar-refractivity contribution in [1.82, 2.24) is 31.1 Å². The molecule has 7 atom stereocenters. The van der Waals surface area contributed by atoms with Gasteiger partial charge in [-0.05, 0) is 26.8 Å². The molecule has 4 amide bonds. The average Bonchev–Trinajstić information content (AvgIpc) is 3.57. The second-order valence-electron chi connectivity index (χ2n) is 10.4. The lowest BCUT2D eigenvalue weighted by Gasteiger charge is -2.47. The van der Waals surface area contributed by atoms with Crippen molar-refractivity contribution < 1.29 is 37.9 Å². The van der Waals surface area contributed by atoms with E-state index in [1.807, 2.05) is 0 Å². The van der Waals surface area contributed by atoms with E-state index in [9.17, 15) is 37.9 Å². The van der Waals surface area contributed by atoms with Crippen LogP contribution in [-0.4, -0.2) is 114 Å². The minimum Gasteiger partial charge on any atom is -0.477 e. The maximum absolute atomic E-state index is 13.1. The number of alkyl halides is 2. The van der Waals surface area contributed by atoms with Crippen molar-refractivity contribution in [3.63, 3.8) is 0 Å². The maximum Gasteiger partial charge on any atom is 0.353 e. The largest absolute Gasteiger partial charge is 0.477 e. The van der Waals surface area contributed by atoms with Gasteiger partial charge in [0.2, 0.25) is 17.7 Å². The third kappa shape index (κ3) is 5.75. The lowest BCUT2D eigenvalue weighted by molar-refractivity contribution is -0.159. The number of amides is 4. The van der Waals surface area contributed by atoms with Gasteiger partial charge in [-0.15, -0.1) is 11.8 Å². The number of rotatable bonds is 10. The molecule has 4 aliphatic heterocycles. The van der Waals surface area contributed by atoms with Gasteiger partial charge in [-0.3, -0.25) is 19.2 Å². The Kier molecular flexibility index (Phi) is 8.81. The quantitative estimate of drug-likeness (QED) is 0.205. The first-order valence-corrected chi connectivity index (χ1v) is 13.8. The van der Waals surface area contributed by atoms with E-state index in [4.69, 9.17) is 0 Å². The van der Waals surface area contributed by atoms with Gasteiger partial charge in [0.15, 0.2) is 0 Å². The Morgan fingerprint density at radius 2 is 1.97 bits per heavy atom. The molecule has 39 heavy (non-hydrogen) atoms. The van der Waals surface area contributed by atoms with Crippen molar-refractivity contribution in [2.24, 2.45) is 11.8 Å². The molecule has 5 N–H and O–H groups in total. The smallest absolute Gasteiger partial charge is 0.353 e. The number of carboxylic acid groups (broad SMARTS) is 1. The molecule has 0 spiro atoms. The van der Waals surface area contributed by atoms with Crippen molar-refractivity contribution in [3.8, 4) is 0 Å². The second kappa shape index (κ2) is 11.8. The molecule has 216 valence electrons. The van der Waals surface area contributed by atoms with Gasteiger partial charge in [0.1, 0.15) is 5.70 Å². The van der Waals surface area contributed by atoms with Gasteiger partial charge in [-0.25, -0.2) is 4.79 Å². The maximum atomic E-state index is 13.1. The molecule has 3 saturated heterocycles. The summed E-state index contributed by atoms with van der Waals surface area (Å²) in [7, 11) is 1.68. The average molecular weight is 573 g/mol. The number of fused-ring (bicyclic) bond motifs is 1. The molecule has 15 heteroatoms. The highest BCUT2D eigenvalue weighted by Gasteiger charge is 2.60. The Morgan fingerprint density at radius 1 is 1.26 bits per heavy atom. The molecule has 0 unspecified atom stereocenters. The Morgan fingerprint density at radius 3 is 2.62 bits per heavy atom. The lowest BCUT2D eigenvalue weighted by atomic mass is 9.78. The molecule has 0 aromatic carbocycles. The van der Waals surface area contributed by atoms with Crippen LogP contribution < -0.4 is 21.3 Å². The number of carboxylic acids is 1. The third-order valence-corrected chi connectivity index (χ3v) is 9.29. The van der Waals surface area contributed by atoms with E-state index in [1.54, 1.807) is 18.9 Å². The van der Waals surface area contributed by atoms with Gasteiger partial charge in [0, 0.05) is 47.8 Å². The van der Waals surface area contributed by atoms with Crippen molar-refractivity contribution >= 4 is 41.4 Å². The normalized spacial score (nSPS) is 30.9. The topological polar surface area (TPSA) is 160 Å². The van der Waals surface area contributed by atoms with Crippen LogP contribution in [0.25, 0.3) is 0 Å². The van der Waals surface area contributed by atoms with Crippen molar-refractivity contribution in [2.45, 2.75) is 62.5 Å². The van der Waals surface area contributed by atoms with Gasteiger partial charge in [-0.2, -0.15) is 8.78 Å². The number of aliphatic carboxylic acids is 1. The van der Waals surface area contributed by atoms with Gasteiger partial charge < -0.3 is 36.2 Å². The van der Waals surface area contributed by atoms with E-state index in [0.717, 1.165) is 0 Å². The summed E-state index contributed by atoms with van der Waals surface area (Å²) in [5.74, 6) is -4.66. The summed E-state index contributed by atoms with van der Waals surface area (Å²) in [6.45, 7) is 4.87. The molecule has 0 aromatic rings. The first-order valence-electron chi connectivity index (χ1n) is 13.0. The lowest BCUT2D eigenvalue weighted by Crippen LogP contribution is -2.66. The number of likely N-dealkylation sites (N-methyl/N-ethyl adjacent to an activating group) is 1. The summed E-state index contributed by atoms with van der Waals surface area (Å²) in [4.78, 5) is 64.9. The Balaban J connectivity index is 1.37. The molecule has 4 heterocycles. The number of nitrogens with zero attached hydrogens (tertiary/aromatic N) is 2. The molecule has 3 fully saturated rings.